The molecule has 9 aromatic rings. The highest BCUT2D eigenvalue weighted by Gasteiger charge is 2.48. The van der Waals surface area contributed by atoms with E-state index >= 15 is 0 Å². The Hall–Kier alpha value is -7.09. The van der Waals surface area contributed by atoms with E-state index in [1.54, 1.807) is 0 Å². The van der Waals surface area contributed by atoms with Crippen molar-refractivity contribution in [2.45, 2.75) is 10.8 Å². The highest BCUT2D eigenvalue weighted by molar-refractivity contribution is 5.96. The minimum atomic E-state index is -0.546. The summed E-state index contributed by atoms with van der Waals surface area (Å²) in [5.74, 6) is 0. The van der Waals surface area contributed by atoms with E-state index in [2.05, 4.69) is 212 Å². The van der Waals surface area contributed by atoms with Gasteiger partial charge in [0, 0.05) is 6.20 Å². The van der Waals surface area contributed by atoms with Gasteiger partial charge in [-0.15, -0.1) is 0 Å². The fraction of sp³-hybridized carbons (Fsp3) is 0.0364. The predicted octanol–water partition coefficient (Wildman–Crippen LogP) is 13.1. The third kappa shape index (κ3) is 4.52. The lowest BCUT2D eigenvalue weighted by molar-refractivity contribution is 0.735. The lowest BCUT2D eigenvalue weighted by atomic mass is 9.67. The van der Waals surface area contributed by atoms with Gasteiger partial charge in [-0.25, -0.2) is 0 Å². The first-order valence-electron chi connectivity index (χ1n) is 19.5. The van der Waals surface area contributed by atoms with E-state index in [0.29, 0.717) is 0 Å². The molecule has 0 bridgehead atoms. The highest BCUT2D eigenvalue weighted by atomic mass is 14.7. The Bertz CT molecular complexity index is 2820. The van der Waals surface area contributed by atoms with Gasteiger partial charge in [0.1, 0.15) is 0 Å². The first-order valence-corrected chi connectivity index (χ1v) is 19.5. The molecule has 0 saturated carbocycles. The quantitative estimate of drug-likeness (QED) is 0.167. The Morgan fingerprint density at radius 2 is 0.786 bits per heavy atom. The molecule has 11 rings (SSSR count). The fourth-order valence-electron chi connectivity index (χ4n) is 10.1. The van der Waals surface area contributed by atoms with E-state index in [9.17, 15) is 0 Å². The lowest BCUT2D eigenvalue weighted by Crippen LogP contribution is -2.29. The van der Waals surface area contributed by atoms with Crippen molar-refractivity contribution < 1.29 is 0 Å². The van der Waals surface area contributed by atoms with Crippen LogP contribution < -0.4 is 0 Å². The van der Waals surface area contributed by atoms with Gasteiger partial charge in [0.2, 0.25) is 0 Å². The van der Waals surface area contributed by atoms with Gasteiger partial charge in [-0.3, -0.25) is 4.98 Å². The number of nitrogens with zero attached hydrogens (tertiary/aromatic N) is 1. The Balaban J connectivity index is 1.12. The van der Waals surface area contributed by atoms with Crippen LogP contribution in [0.25, 0.3) is 44.5 Å². The molecule has 1 heteroatoms. The van der Waals surface area contributed by atoms with Crippen molar-refractivity contribution in [1.82, 2.24) is 4.98 Å². The zero-order chi connectivity index (χ0) is 37.1. The molecule has 2 aliphatic rings. The van der Waals surface area contributed by atoms with Crippen LogP contribution in [0.5, 0.6) is 0 Å². The largest absolute Gasteiger partial charge is 0.260 e. The molecule has 0 N–H and O–H groups in total. The molecule has 0 fully saturated rings. The molecule has 1 atom stereocenters. The summed E-state index contributed by atoms with van der Waals surface area (Å²) in [5, 5.41) is 0. The van der Waals surface area contributed by atoms with Gasteiger partial charge in [0.25, 0.3) is 0 Å². The molecule has 262 valence electrons. The van der Waals surface area contributed by atoms with Crippen LogP contribution in [0.3, 0.4) is 0 Å². The Kier molecular flexibility index (Phi) is 7.37. The second kappa shape index (κ2) is 12.8. The summed E-state index contributed by atoms with van der Waals surface area (Å²) in [6.45, 7) is 0. The van der Waals surface area contributed by atoms with Crippen LogP contribution in [-0.4, -0.2) is 4.98 Å². The normalized spacial score (nSPS) is 15.7. The Labute approximate surface area is 328 Å². The molecule has 1 nitrogen and oxygen atoms in total. The van der Waals surface area contributed by atoms with Crippen LogP contribution >= 0.6 is 0 Å². The molecule has 0 radical (unpaired) electrons. The van der Waals surface area contributed by atoms with Crippen molar-refractivity contribution in [3.8, 4) is 44.5 Å². The van der Waals surface area contributed by atoms with Crippen LogP contribution in [0.1, 0.15) is 44.6 Å². The maximum Gasteiger partial charge on any atom is 0.0886 e. The molecule has 1 aromatic heterocycles. The number of hydrogen-bond acceptors (Lipinski definition) is 1. The number of fused-ring (bicyclic) bond motifs is 6. The number of pyridine rings is 1. The van der Waals surface area contributed by atoms with Crippen LogP contribution in [0.2, 0.25) is 0 Å². The second-order valence-corrected chi connectivity index (χ2v) is 15.0. The number of hydrogen-bond donors (Lipinski definition) is 0. The first kappa shape index (κ1) is 32.3. The average Bonchev–Trinajstić information content (AvgIpc) is 3.76. The Morgan fingerprint density at radius 3 is 1.46 bits per heavy atom. The SMILES string of the molecule is c1ccc(C2(c3ccccc3)c3ccccc3-c3ccc(-c4cccc(-c5cccc6c5-c5ccccc5C6(c5ccccc5)c5ccccn5)c4)cc32)cc1. The first-order chi connectivity index (χ1) is 27.8. The Morgan fingerprint density at radius 1 is 0.286 bits per heavy atom. The molecule has 0 spiro atoms. The maximum absolute atomic E-state index is 5.06. The van der Waals surface area contributed by atoms with Gasteiger partial charge in [-0.05, 0) is 108 Å². The second-order valence-electron chi connectivity index (χ2n) is 15.0. The summed E-state index contributed by atoms with van der Waals surface area (Å²) < 4.78 is 0. The van der Waals surface area contributed by atoms with Crippen molar-refractivity contribution in [1.29, 1.82) is 0 Å². The van der Waals surface area contributed by atoms with E-state index in [-0.39, 0.29) is 0 Å². The molecule has 2 aliphatic carbocycles. The van der Waals surface area contributed by atoms with Crippen molar-refractivity contribution in [3.05, 3.63) is 269 Å². The van der Waals surface area contributed by atoms with Gasteiger partial charge in [-0.1, -0.05) is 194 Å². The molecule has 0 amide bonds. The van der Waals surface area contributed by atoms with Crippen molar-refractivity contribution in [3.63, 3.8) is 0 Å². The molecule has 1 heterocycles. The topological polar surface area (TPSA) is 12.9 Å². The molecule has 0 saturated heterocycles. The zero-order valence-electron chi connectivity index (χ0n) is 30.8. The van der Waals surface area contributed by atoms with Crippen LogP contribution in [0, 0.1) is 0 Å². The van der Waals surface area contributed by atoms with Gasteiger partial charge >= 0.3 is 0 Å². The number of rotatable bonds is 6. The van der Waals surface area contributed by atoms with Gasteiger partial charge in [0.15, 0.2) is 0 Å². The van der Waals surface area contributed by atoms with Crippen LogP contribution in [-0.2, 0) is 10.8 Å². The lowest BCUT2D eigenvalue weighted by Gasteiger charge is -2.34. The standard InChI is InChI=1S/C55H37N/c1-4-20-41(21-5-1)54(42-22-6-2-7-23-42)48-29-12-10-26-45(48)46-34-33-39(37-51(46)54)38-18-16-19-40(36-38)44-28-17-31-50-53(44)47-27-11-13-30-49(47)55(50,43-24-8-3-9-25-43)52-32-14-15-35-56-52/h1-37H. The summed E-state index contributed by atoms with van der Waals surface area (Å²) in [6, 6.07) is 80.3. The molecule has 56 heavy (non-hydrogen) atoms. The van der Waals surface area contributed by atoms with Crippen molar-refractivity contribution >= 4 is 0 Å². The third-order valence-electron chi connectivity index (χ3n) is 12.3. The average molecular weight is 712 g/mol. The number of aromatic nitrogens is 1. The predicted molar refractivity (Wildman–Crippen MR) is 230 cm³/mol. The van der Waals surface area contributed by atoms with E-state index in [1.807, 2.05) is 12.3 Å². The molecule has 1 unspecified atom stereocenters. The summed E-state index contributed by atoms with van der Waals surface area (Å²) in [7, 11) is 0. The smallest absolute Gasteiger partial charge is 0.0886 e. The minimum Gasteiger partial charge on any atom is -0.260 e. The van der Waals surface area contributed by atoms with Crippen molar-refractivity contribution in [2.24, 2.45) is 0 Å². The van der Waals surface area contributed by atoms with E-state index < -0.39 is 10.8 Å². The zero-order valence-corrected chi connectivity index (χ0v) is 30.8. The van der Waals surface area contributed by atoms with Gasteiger partial charge in [-0.2, -0.15) is 0 Å². The third-order valence-corrected chi connectivity index (χ3v) is 12.3. The maximum atomic E-state index is 5.06. The van der Waals surface area contributed by atoms with E-state index in [0.717, 1.165) is 5.69 Å². The summed E-state index contributed by atoms with van der Waals surface area (Å²) in [6.07, 6.45) is 1.92. The van der Waals surface area contributed by atoms with Gasteiger partial charge < -0.3 is 0 Å². The molecular formula is C55H37N. The summed E-state index contributed by atoms with van der Waals surface area (Å²) in [4.78, 5) is 5.06. The van der Waals surface area contributed by atoms with Crippen molar-refractivity contribution in [2.75, 3.05) is 0 Å². The van der Waals surface area contributed by atoms with E-state index in [1.165, 1.54) is 83.5 Å². The summed E-state index contributed by atoms with van der Waals surface area (Å²) in [5.41, 5.74) is 18.9. The number of benzene rings is 8. The molecule has 8 aromatic carbocycles. The minimum absolute atomic E-state index is 0.446. The monoisotopic (exact) mass is 711 g/mol. The van der Waals surface area contributed by atoms with Crippen LogP contribution in [0.15, 0.2) is 225 Å². The molecule has 0 aliphatic heterocycles. The molecular weight excluding hydrogens is 675 g/mol. The van der Waals surface area contributed by atoms with Gasteiger partial charge in [0.05, 0.1) is 16.5 Å². The van der Waals surface area contributed by atoms with Crippen LogP contribution in [0.4, 0.5) is 0 Å². The summed E-state index contributed by atoms with van der Waals surface area (Å²) >= 11 is 0. The highest BCUT2D eigenvalue weighted by Crippen LogP contribution is 2.59. The van der Waals surface area contributed by atoms with E-state index in [4.69, 9.17) is 4.98 Å². The fourth-order valence-corrected chi connectivity index (χ4v) is 10.1.